The van der Waals surface area contributed by atoms with Gasteiger partial charge in [0.05, 0.1) is 27.8 Å². The van der Waals surface area contributed by atoms with Crippen LogP contribution < -0.4 is 0 Å². The molecule has 3 aromatic heterocycles. The Morgan fingerprint density at radius 2 is 1.00 bits per heavy atom. The number of rotatable bonds is 2. The molecule has 36 heavy (non-hydrogen) atoms. The molecule has 0 saturated heterocycles. The largest absolute Gasteiger partial charge is 0.309 e. The Kier molecular flexibility index (Phi) is 3.13. The van der Waals surface area contributed by atoms with Gasteiger partial charge in [-0.2, -0.15) is 0 Å². The van der Waals surface area contributed by atoms with E-state index in [1.807, 2.05) is 29.0 Å². The predicted octanol–water partition coefficient (Wildman–Crippen LogP) is 8.17. The van der Waals surface area contributed by atoms with E-state index in [1.165, 1.54) is 33.7 Å². The summed E-state index contributed by atoms with van der Waals surface area (Å²) in [5.74, 6) is -0.300. The highest BCUT2D eigenvalue weighted by Gasteiger charge is 2.27. The number of benzene rings is 6. The molecule has 3 nitrogen and oxygen atoms in total. The normalized spacial score (nSPS) is 12.7. The highest BCUT2D eigenvalue weighted by Crippen LogP contribution is 2.51. The average Bonchev–Trinajstić information content (AvgIpc) is 3.42. The van der Waals surface area contributed by atoms with Crippen molar-refractivity contribution in [3.63, 3.8) is 0 Å². The molecule has 0 unspecified atom stereocenters. The maximum absolute atomic E-state index is 14.3. The first-order valence-corrected chi connectivity index (χ1v) is 11.9. The molecule has 3 heterocycles. The molecule has 6 aromatic carbocycles. The molecule has 0 aliphatic heterocycles. The standard InChI is InChI=1S/C31H15F2N3/c32-18-13-19(33)15-20(14-18)35-21-8-4-16-6-10-23-30-26(16)28(21)29-22(35)9-5-17-7-11-24(31(30)27(17)29)36(23)25-3-1-2-12-34-25/h1-15H. The molecule has 0 radical (unpaired) electrons. The van der Waals surface area contributed by atoms with Crippen LogP contribution in [0.4, 0.5) is 8.78 Å². The Balaban J connectivity index is 1.60. The van der Waals surface area contributed by atoms with Gasteiger partial charge in [-0.05, 0) is 59.3 Å². The van der Waals surface area contributed by atoms with Gasteiger partial charge in [0, 0.05) is 44.6 Å². The van der Waals surface area contributed by atoms with E-state index in [-0.39, 0.29) is 0 Å². The van der Waals surface area contributed by atoms with Crippen LogP contribution in [0.5, 0.6) is 0 Å². The first-order chi connectivity index (χ1) is 17.7. The molecular weight excluding hydrogens is 452 g/mol. The molecule has 0 bridgehead atoms. The van der Waals surface area contributed by atoms with Gasteiger partial charge < -0.3 is 4.57 Å². The van der Waals surface area contributed by atoms with Crippen molar-refractivity contribution in [2.24, 2.45) is 0 Å². The minimum Gasteiger partial charge on any atom is -0.309 e. The van der Waals surface area contributed by atoms with Gasteiger partial charge in [-0.25, -0.2) is 13.8 Å². The molecule has 0 saturated carbocycles. The Labute approximate surface area is 202 Å². The van der Waals surface area contributed by atoms with Gasteiger partial charge in [0.25, 0.3) is 0 Å². The van der Waals surface area contributed by atoms with Crippen LogP contribution in [0.2, 0.25) is 0 Å². The van der Waals surface area contributed by atoms with Gasteiger partial charge in [0.15, 0.2) is 0 Å². The van der Waals surface area contributed by atoms with Crippen LogP contribution in [0.1, 0.15) is 0 Å². The van der Waals surface area contributed by atoms with Gasteiger partial charge in [-0.15, -0.1) is 0 Å². The maximum Gasteiger partial charge on any atom is 0.137 e. The quantitative estimate of drug-likeness (QED) is 0.186. The topological polar surface area (TPSA) is 22.8 Å². The summed E-state index contributed by atoms with van der Waals surface area (Å²) in [5, 5.41) is 9.30. The average molecular weight is 467 g/mol. The third-order valence-electron chi connectivity index (χ3n) is 7.73. The van der Waals surface area contributed by atoms with Gasteiger partial charge in [-0.3, -0.25) is 4.57 Å². The van der Waals surface area contributed by atoms with Gasteiger partial charge in [-0.1, -0.05) is 30.3 Å². The van der Waals surface area contributed by atoms with Crippen molar-refractivity contribution in [3.05, 3.63) is 103 Å². The van der Waals surface area contributed by atoms with E-state index in [9.17, 15) is 8.78 Å². The minimum absolute atomic E-state index is 0.482. The third kappa shape index (κ3) is 2.03. The second-order valence-corrected chi connectivity index (χ2v) is 9.52. The second kappa shape index (κ2) is 6.07. The predicted molar refractivity (Wildman–Crippen MR) is 141 cm³/mol. The summed E-state index contributed by atoms with van der Waals surface area (Å²) < 4.78 is 32.9. The Morgan fingerprint density at radius 1 is 0.500 bits per heavy atom. The van der Waals surface area contributed by atoms with Crippen molar-refractivity contribution < 1.29 is 8.78 Å². The monoisotopic (exact) mass is 467 g/mol. The Hall–Kier alpha value is -4.77. The van der Waals surface area contributed by atoms with Crippen molar-refractivity contribution in [2.75, 3.05) is 0 Å². The molecule has 9 rings (SSSR count). The summed E-state index contributed by atoms with van der Waals surface area (Å²) >= 11 is 0. The fourth-order valence-corrected chi connectivity index (χ4v) is 6.49. The second-order valence-electron chi connectivity index (χ2n) is 9.52. The molecular formula is C31H15F2N3. The van der Waals surface area contributed by atoms with Crippen LogP contribution in [-0.4, -0.2) is 14.1 Å². The van der Waals surface area contributed by atoms with Gasteiger partial charge in [0.1, 0.15) is 17.5 Å². The fraction of sp³-hybridized carbons (Fsp3) is 0. The number of hydrogen-bond acceptors (Lipinski definition) is 1. The van der Waals surface area contributed by atoms with E-state index in [2.05, 4.69) is 58.1 Å². The third-order valence-corrected chi connectivity index (χ3v) is 7.73. The van der Waals surface area contributed by atoms with Crippen LogP contribution >= 0.6 is 0 Å². The number of hydrogen-bond donors (Lipinski definition) is 0. The lowest BCUT2D eigenvalue weighted by Gasteiger charge is -2.11. The summed E-state index contributed by atoms with van der Waals surface area (Å²) in [6, 6.07) is 26.7. The van der Waals surface area contributed by atoms with E-state index in [1.54, 1.807) is 0 Å². The zero-order valence-electron chi connectivity index (χ0n) is 18.8. The summed E-state index contributed by atoms with van der Waals surface area (Å²) in [6.45, 7) is 0. The molecule has 0 fully saturated rings. The molecule has 9 aromatic rings. The van der Waals surface area contributed by atoms with E-state index in [0.29, 0.717) is 5.69 Å². The molecule has 0 aliphatic rings. The fourth-order valence-electron chi connectivity index (χ4n) is 6.49. The van der Waals surface area contributed by atoms with Crippen LogP contribution in [0, 0.1) is 11.6 Å². The van der Waals surface area contributed by atoms with Crippen molar-refractivity contribution >= 4 is 65.2 Å². The Morgan fingerprint density at radius 3 is 1.47 bits per heavy atom. The lowest BCUT2D eigenvalue weighted by Crippen LogP contribution is -1.97. The SMILES string of the molecule is Fc1cc(F)cc(-n2c3ccc4ccc5c6c4c3c3c4c(ccc32)ccc(c46)n5-c2ccccn2)c1. The van der Waals surface area contributed by atoms with Crippen LogP contribution in [0.15, 0.2) is 91.1 Å². The number of pyridine rings is 1. The van der Waals surface area contributed by atoms with Crippen molar-refractivity contribution in [2.45, 2.75) is 0 Å². The van der Waals surface area contributed by atoms with Crippen LogP contribution in [0.3, 0.4) is 0 Å². The van der Waals surface area contributed by atoms with Crippen molar-refractivity contribution in [1.29, 1.82) is 0 Å². The van der Waals surface area contributed by atoms with E-state index in [4.69, 9.17) is 0 Å². The highest BCUT2D eigenvalue weighted by molar-refractivity contribution is 6.45. The smallest absolute Gasteiger partial charge is 0.137 e. The maximum atomic E-state index is 14.3. The van der Waals surface area contributed by atoms with E-state index < -0.39 is 11.6 Å². The molecule has 0 spiro atoms. The van der Waals surface area contributed by atoms with Gasteiger partial charge in [0.2, 0.25) is 0 Å². The summed E-state index contributed by atoms with van der Waals surface area (Å²) in [4.78, 5) is 4.68. The molecule has 0 atom stereocenters. The molecule has 5 heteroatoms. The minimum atomic E-state index is -0.588. The van der Waals surface area contributed by atoms with Crippen molar-refractivity contribution in [3.8, 4) is 11.5 Å². The Bertz CT molecular complexity index is 2140. The van der Waals surface area contributed by atoms with E-state index >= 15 is 0 Å². The van der Waals surface area contributed by atoms with Crippen LogP contribution in [0.25, 0.3) is 76.7 Å². The molecule has 0 aliphatic carbocycles. The zero-order chi connectivity index (χ0) is 23.7. The lowest BCUT2D eigenvalue weighted by molar-refractivity contribution is 0.582. The molecule has 0 N–H and O–H groups in total. The first-order valence-electron chi connectivity index (χ1n) is 11.9. The number of aromatic nitrogens is 3. The number of nitrogens with zero attached hydrogens (tertiary/aromatic N) is 3. The lowest BCUT2D eigenvalue weighted by atomic mass is 9.90. The van der Waals surface area contributed by atoms with E-state index in [0.717, 1.165) is 55.5 Å². The summed E-state index contributed by atoms with van der Waals surface area (Å²) in [7, 11) is 0. The van der Waals surface area contributed by atoms with Gasteiger partial charge >= 0.3 is 0 Å². The summed E-state index contributed by atoms with van der Waals surface area (Å²) in [6.07, 6.45) is 1.82. The highest BCUT2D eigenvalue weighted by atomic mass is 19.1. The molecule has 0 amide bonds. The van der Waals surface area contributed by atoms with Crippen LogP contribution in [-0.2, 0) is 0 Å². The molecule has 168 valence electrons. The van der Waals surface area contributed by atoms with Crippen molar-refractivity contribution in [1.82, 2.24) is 14.1 Å². The zero-order valence-corrected chi connectivity index (χ0v) is 18.8. The summed E-state index contributed by atoms with van der Waals surface area (Å²) in [5.41, 5.74) is 4.56. The number of halogens is 2. The first kappa shape index (κ1) is 18.5.